The first kappa shape index (κ1) is 16.3. The van der Waals surface area contributed by atoms with Gasteiger partial charge in [-0.3, -0.25) is 0 Å². The molecule has 0 fully saturated rings. The molecule has 2 nitrogen and oxygen atoms in total. The standard InChI is InChI=1S/C22H16F2N2/c1-14-13-16(10-12-18(14)24)22-21(15-5-4-6-17(23)11-9-15)25-19-7-2-3-8-20(19)26-22/h2-5,7-13H,6H2,1H3. The number of para-hydroxylation sites is 2. The Morgan fingerprint density at radius 2 is 1.62 bits per heavy atom. The van der Waals surface area contributed by atoms with E-state index in [0.29, 0.717) is 17.0 Å². The lowest BCUT2D eigenvalue weighted by Crippen LogP contribution is -1.98. The van der Waals surface area contributed by atoms with Crippen molar-refractivity contribution in [1.29, 1.82) is 0 Å². The zero-order valence-electron chi connectivity index (χ0n) is 14.2. The number of aryl methyl sites for hydroxylation is 1. The Bertz CT molecular complexity index is 1090. The van der Waals surface area contributed by atoms with Crippen molar-refractivity contribution in [2.24, 2.45) is 0 Å². The molecule has 1 aliphatic carbocycles. The second kappa shape index (κ2) is 6.64. The number of hydrogen-bond donors (Lipinski definition) is 0. The van der Waals surface area contributed by atoms with Gasteiger partial charge in [-0.1, -0.05) is 30.4 Å². The maximum atomic E-state index is 13.7. The molecule has 0 spiro atoms. The molecule has 1 heterocycles. The summed E-state index contributed by atoms with van der Waals surface area (Å²) in [4.78, 5) is 9.53. The Morgan fingerprint density at radius 1 is 0.885 bits per heavy atom. The van der Waals surface area contributed by atoms with E-state index in [1.54, 1.807) is 31.2 Å². The minimum Gasteiger partial charge on any atom is -0.244 e. The monoisotopic (exact) mass is 346 g/mol. The van der Waals surface area contributed by atoms with Gasteiger partial charge in [-0.2, -0.15) is 0 Å². The Kier molecular flexibility index (Phi) is 4.17. The fraction of sp³-hybridized carbons (Fsp3) is 0.0909. The van der Waals surface area contributed by atoms with Crippen LogP contribution in [0.4, 0.5) is 8.78 Å². The van der Waals surface area contributed by atoms with E-state index in [4.69, 9.17) is 9.97 Å². The molecular formula is C22H16F2N2. The minimum atomic E-state index is -0.261. The van der Waals surface area contributed by atoms with Crippen LogP contribution in [0.1, 0.15) is 17.7 Å². The maximum absolute atomic E-state index is 13.7. The number of aromatic nitrogens is 2. The van der Waals surface area contributed by atoms with Crippen LogP contribution in [-0.4, -0.2) is 9.97 Å². The highest BCUT2D eigenvalue weighted by atomic mass is 19.1. The lowest BCUT2D eigenvalue weighted by atomic mass is 10.0. The molecule has 1 aliphatic rings. The Hall–Kier alpha value is -3.14. The van der Waals surface area contributed by atoms with E-state index >= 15 is 0 Å². The van der Waals surface area contributed by atoms with E-state index in [1.165, 1.54) is 12.1 Å². The summed E-state index contributed by atoms with van der Waals surface area (Å²) in [6.07, 6.45) is 7.03. The van der Waals surface area contributed by atoms with Crippen molar-refractivity contribution < 1.29 is 8.78 Å². The summed E-state index contributed by atoms with van der Waals surface area (Å²) in [7, 11) is 0. The van der Waals surface area contributed by atoms with Gasteiger partial charge in [-0.05, 0) is 48.9 Å². The van der Waals surface area contributed by atoms with E-state index in [2.05, 4.69) is 0 Å². The highest BCUT2D eigenvalue weighted by Gasteiger charge is 2.15. The van der Waals surface area contributed by atoms with E-state index in [9.17, 15) is 8.78 Å². The third-order valence-electron chi connectivity index (χ3n) is 4.33. The normalized spacial score (nSPS) is 14.1. The quantitative estimate of drug-likeness (QED) is 0.574. The maximum Gasteiger partial charge on any atom is 0.126 e. The molecule has 3 aromatic rings. The smallest absolute Gasteiger partial charge is 0.126 e. The van der Waals surface area contributed by atoms with E-state index in [1.807, 2.05) is 30.3 Å². The van der Waals surface area contributed by atoms with Crippen molar-refractivity contribution in [3.05, 3.63) is 89.7 Å². The van der Waals surface area contributed by atoms with Gasteiger partial charge in [0.25, 0.3) is 0 Å². The number of nitrogens with zero attached hydrogens (tertiary/aromatic N) is 2. The van der Waals surface area contributed by atoms with Crippen molar-refractivity contribution in [3.63, 3.8) is 0 Å². The van der Waals surface area contributed by atoms with Gasteiger partial charge in [0, 0.05) is 17.6 Å². The van der Waals surface area contributed by atoms with Gasteiger partial charge in [-0.15, -0.1) is 0 Å². The first-order valence-corrected chi connectivity index (χ1v) is 8.38. The molecule has 2 aromatic carbocycles. The van der Waals surface area contributed by atoms with Crippen LogP contribution in [0.5, 0.6) is 0 Å². The predicted molar refractivity (Wildman–Crippen MR) is 101 cm³/mol. The van der Waals surface area contributed by atoms with E-state index in [0.717, 1.165) is 22.2 Å². The van der Waals surface area contributed by atoms with E-state index in [-0.39, 0.29) is 18.1 Å². The van der Waals surface area contributed by atoms with Crippen LogP contribution in [0, 0.1) is 12.7 Å². The number of rotatable bonds is 2. The van der Waals surface area contributed by atoms with Crippen molar-refractivity contribution in [2.75, 3.05) is 0 Å². The topological polar surface area (TPSA) is 25.8 Å². The van der Waals surface area contributed by atoms with Crippen molar-refractivity contribution in [1.82, 2.24) is 9.97 Å². The average Bonchev–Trinajstić information content (AvgIpc) is 2.87. The van der Waals surface area contributed by atoms with Gasteiger partial charge in [0.2, 0.25) is 0 Å². The van der Waals surface area contributed by atoms with Crippen LogP contribution in [0.25, 0.3) is 27.9 Å². The number of allylic oxidation sites excluding steroid dienone is 6. The number of halogens is 2. The molecular weight excluding hydrogens is 330 g/mol. The summed E-state index contributed by atoms with van der Waals surface area (Å²) in [6.45, 7) is 1.72. The molecule has 0 amide bonds. The van der Waals surface area contributed by atoms with Crippen molar-refractivity contribution in [2.45, 2.75) is 13.3 Å². The SMILES string of the molecule is Cc1cc(-c2nc3ccccc3nc2C2=CC=C(F)CC=C2)ccc1F. The summed E-state index contributed by atoms with van der Waals surface area (Å²) in [6, 6.07) is 12.5. The van der Waals surface area contributed by atoms with Crippen LogP contribution in [0.15, 0.2) is 72.6 Å². The molecule has 26 heavy (non-hydrogen) atoms. The average molecular weight is 346 g/mol. The molecule has 0 unspecified atom stereocenters. The summed E-state index contributed by atoms with van der Waals surface area (Å²) in [5, 5.41) is 0. The minimum absolute atomic E-state index is 0.204. The molecule has 0 N–H and O–H groups in total. The molecule has 0 saturated carbocycles. The highest BCUT2D eigenvalue weighted by molar-refractivity contribution is 5.88. The lowest BCUT2D eigenvalue weighted by molar-refractivity contribution is 0.618. The fourth-order valence-corrected chi connectivity index (χ4v) is 2.95. The molecule has 0 atom stereocenters. The number of fused-ring (bicyclic) bond motifs is 1. The zero-order chi connectivity index (χ0) is 18.1. The van der Waals surface area contributed by atoms with Gasteiger partial charge in [0.05, 0.1) is 22.4 Å². The Balaban J connectivity index is 1.99. The van der Waals surface area contributed by atoms with Crippen molar-refractivity contribution >= 4 is 16.6 Å². The van der Waals surface area contributed by atoms with E-state index < -0.39 is 0 Å². The molecule has 4 rings (SSSR count). The molecule has 0 radical (unpaired) electrons. The molecule has 0 aliphatic heterocycles. The van der Waals surface area contributed by atoms with Crippen LogP contribution >= 0.6 is 0 Å². The predicted octanol–water partition coefficient (Wildman–Crippen LogP) is 5.94. The molecule has 0 bridgehead atoms. The van der Waals surface area contributed by atoms with Crippen LogP contribution in [0.2, 0.25) is 0 Å². The fourth-order valence-electron chi connectivity index (χ4n) is 2.95. The third-order valence-corrected chi connectivity index (χ3v) is 4.33. The summed E-state index contributed by atoms with van der Waals surface area (Å²) in [5.74, 6) is -0.466. The van der Waals surface area contributed by atoms with Crippen LogP contribution in [0.3, 0.4) is 0 Å². The van der Waals surface area contributed by atoms with Gasteiger partial charge in [0.1, 0.15) is 11.6 Å². The Morgan fingerprint density at radius 3 is 2.35 bits per heavy atom. The van der Waals surface area contributed by atoms with Gasteiger partial charge in [-0.25, -0.2) is 18.7 Å². The zero-order valence-corrected chi connectivity index (χ0v) is 14.2. The second-order valence-corrected chi connectivity index (χ2v) is 6.22. The first-order valence-electron chi connectivity index (χ1n) is 8.38. The van der Waals surface area contributed by atoms with Gasteiger partial charge < -0.3 is 0 Å². The largest absolute Gasteiger partial charge is 0.244 e. The third kappa shape index (κ3) is 3.06. The molecule has 1 aromatic heterocycles. The van der Waals surface area contributed by atoms with Gasteiger partial charge >= 0.3 is 0 Å². The number of hydrogen-bond acceptors (Lipinski definition) is 2. The van der Waals surface area contributed by atoms with Crippen LogP contribution < -0.4 is 0 Å². The summed E-state index contributed by atoms with van der Waals surface area (Å²) < 4.78 is 27.3. The van der Waals surface area contributed by atoms with Crippen LogP contribution in [-0.2, 0) is 0 Å². The Labute approximate surface area is 150 Å². The molecule has 128 valence electrons. The second-order valence-electron chi connectivity index (χ2n) is 6.22. The first-order chi connectivity index (χ1) is 12.6. The number of benzene rings is 2. The lowest BCUT2D eigenvalue weighted by Gasteiger charge is -2.11. The highest BCUT2D eigenvalue weighted by Crippen LogP contribution is 2.31. The van der Waals surface area contributed by atoms with Gasteiger partial charge in [0.15, 0.2) is 0 Å². The molecule has 0 saturated heterocycles. The van der Waals surface area contributed by atoms with Crippen molar-refractivity contribution in [3.8, 4) is 11.3 Å². The molecule has 4 heteroatoms. The summed E-state index contributed by atoms with van der Waals surface area (Å²) in [5.41, 5.74) is 4.91. The summed E-state index contributed by atoms with van der Waals surface area (Å²) >= 11 is 0.